The Morgan fingerprint density at radius 2 is 1.70 bits per heavy atom. The Morgan fingerprint density at radius 3 is 2.30 bits per heavy atom. The van der Waals surface area contributed by atoms with Crippen LogP contribution >= 0.6 is 24.0 Å². The van der Waals surface area contributed by atoms with Gasteiger partial charge >= 0.3 is 0 Å². The van der Waals surface area contributed by atoms with Crippen LogP contribution in [0.25, 0.3) is 0 Å². The summed E-state index contributed by atoms with van der Waals surface area (Å²) >= 11 is 0. The van der Waals surface area contributed by atoms with Crippen molar-refractivity contribution in [3.05, 3.63) is 71.3 Å². The van der Waals surface area contributed by atoms with E-state index < -0.39 is 0 Å². The van der Waals surface area contributed by atoms with Crippen molar-refractivity contribution in [3.8, 4) is 0 Å². The van der Waals surface area contributed by atoms with Crippen LogP contribution in [0, 0.1) is 0 Å². The molecule has 1 atom stereocenters. The number of benzene rings is 2. The summed E-state index contributed by atoms with van der Waals surface area (Å²) in [6, 6.07) is 18.5. The van der Waals surface area contributed by atoms with Crippen molar-refractivity contribution in [2.45, 2.75) is 32.5 Å². The van der Waals surface area contributed by atoms with E-state index in [1.165, 1.54) is 5.56 Å². The first-order chi connectivity index (χ1) is 14.0. The maximum atomic E-state index is 11.6. The molecule has 0 bridgehead atoms. The molecule has 0 aliphatic heterocycles. The van der Waals surface area contributed by atoms with E-state index in [2.05, 4.69) is 64.1 Å². The molecule has 2 aromatic carbocycles. The molecule has 0 heterocycles. The summed E-state index contributed by atoms with van der Waals surface area (Å²) in [5.41, 5.74) is 3.08. The Bertz CT molecular complexity index is 780. The SMILES string of the molecule is CN=C(NCCC(C)N(C)Cc1ccccc1)NCc1ccc(C(=O)NC)cc1.I. The van der Waals surface area contributed by atoms with Gasteiger partial charge < -0.3 is 16.0 Å². The van der Waals surface area contributed by atoms with E-state index in [-0.39, 0.29) is 29.9 Å². The number of carbonyl (C=O) groups excluding carboxylic acids is 1. The molecular weight excluding hydrogens is 489 g/mol. The van der Waals surface area contributed by atoms with E-state index in [0.717, 1.165) is 31.0 Å². The van der Waals surface area contributed by atoms with Gasteiger partial charge in [-0.15, -0.1) is 24.0 Å². The van der Waals surface area contributed by atoms with Gasteiger partial charge in [0, 0.05) is 45.3 Å². The van der Waals surface area contributed by atoms with E-state index in [1.54, 1.807) is 14.1 Å². The van der Waals surface area contributed by atoms with Gasteiger partial charge in [0.1, 0.15) is 0 Å². The van der Waals surface area contributed by atoms with Gasteiger partial charge in [-0.05, 0) is 43.7 Å². The molecule has 1 unspecified atom stereocenters. The Labute approximate surface area is 197 Å². The fourth-order valence-corrected chi connectivity index (χ4v) is 2.97. The lowest BCUT2D eigenvalue weighted by molar-refractivity contribution is 0.0963. The number of rotatable bonds is 9. The average molecular weight is 523 g/mol. The Hall–Kier alpha value is -2.13. The standard InChI is InChI=1S/C23H33N5O.HI/c1-18(28(4)17-20-8-6-5-7-9-20)14-15-26-23(25-3)27-16-19-10-12-21(13-11-19)22(29)24-2;/h5-13,18H,14-17H2,1-4H3,(H,24,29)(H2,25,26,27);1H. The lowest BCUT2D eigenvalue weighted by Gasteiger charge is -2.25. The molecule has 7 heteroatoms. The normalized spacial score (nSPS) is 12.1. The van der Waals surface area contributed by atoms with E-state index in [1.807, 2.05) is 30.3 Å². The number of hydrogen-bond donors (Lipinski definition) is 3. The van der Waals surface area contributed by atoms with Crippen LogP contribution in [0.2, 0.25) is 0 Å². The van der Waals surface area contributed by atoms with Crippen LogP contribution in [0.1, 0.15) is 34.8 Å². The van der Waals surface area contributed by atoms with Gasteiger partial charge in [-0.25, -0.2) is 0 Å². The molecule has 0 radical (unpaired) electrons. The van der Waals surface area contributed by atoms with Gasteiger partial charge in [0.25, 0.3) is 5.91 Å². The highest BCUT2D eigenvalue weighted by Crippen LogP contribution is 2.08. The number of amides is 1. The summed E-state index contributed by atoms with van der Waals surface area (Å²) in [4.78, 5) is 18.3. The Morgan fingerprint density at radius 1 is 1.03 bits per heavy atom. The number of halogens is 1. The highest BCUT2D eigenvalue weighted by Gasteiger charge is 2.10. The highest BCUT2D eigenvalue weighted by molar-refractivity contribution is 14.0. The number of hydrogen-bond acceptors (Lipinski definition) is 3. The number of guanidine groups is 1. The van der Waals surface area contributed by atoms with Crippen LogP contribution in [0.15, 0.2) is 59.6 Å². The van der Waals surface area contributed by atoms with Gasteiger partial charge in [-0.1, -0.05) is 42.5 Å². The van der Waals surface area contributed by atoms with Crippen molar-refractivity contribution >= 4 is 35.8 Å². The van der Waals surface area contributed by atoms with Crippen molar-refractivity contribution in [2.75, 3.05) is 27.7 Å². The molecule has 0 fully saturated rings. The minimum Gasteiger partial charge on any atom is -0.356 e. The molecule has 164 valence electrons. The molecule has 0 saturated carbocycles. The van der Waals surface area contributed by atoms with E-state index in [4.69, 9.17) is 0 Å². The second kappa shape index (κ2) is 14.0. The first-order valence-corrected chi connectivity index (χ1v) is 10.0. The monoisotopic (exact) mass is 523 g/mol. The van der Waals surface area contributed by atoms with Crippen LogP contribution < -0.4 is 16.0 Å². The molecule has 30 heavy (non-hydrogen) atoms. The summed E-state index contributed by atoms with van der Waals surface area (Å²) in [5.74, 6) is 0.701. The van der Waals surface area contributed by atoms with Gasteiger partial charge in [0.15, 0.2) is 5.96 Å². The second-order valence-electron chi connectivity index (χ2n) is 7.17. The maximum Gasteiger partial charge on any atom is 0.251 e. The van der Waals surface area contributed by atoms with Crippen molar-refractivity contribution in [2.24, 2.45) is 4.99 Å². The molecule has 0 aliphatic rings. The van der Waals surface area contributed by atoms with Gasteiger partial charge in [0.2, 0.25) is 0 Å². The third kappa shape index (κ3) is 8.71. The van der Waals surface area contributed by atoms with Crippen molar-refractivity contribution in [3.63, 3.8) is 0 Å². The molecule has 0 aliphatic carbocycles. The maximum absolute atomic E-state index is 11.6. The third-order valence-electron chi connectivity index (χ3n) is 5.01. The molecule has 2 aromatic rings. The molecule has 0 aromatic heterocycles. The quantitative estimate of drug-likeness (QED) is 0.268. The van der Waals surface area contributed by atoms with Crippen molar-refractivity contribution in [1.29, 1.82) is 0 Å². The van der Waals surface area contributed by atoms with Crippen LogP contribution in [-0.4, -0.2) is 50.5 Å². The van der Waals surface area contributed by atoms with Gasteiger partial charge in [-0.3, -0.25) is 14.7 Å². The van der Waals surface area contributed by atoms with E-state index >= 15 is 0 Å². The van der Waals surface area contributed by atoms with Crippen LogP contribution in [0.5, 0.6) is 0 Å². The van der Waals surface area contributed by atoms with Crippen LogP contribution in [0.3, 0.4) is 0 Å². The number of nitrogens with one attached hydrogen (secondary N) is 3. The summed E-state index contributed by atoms with van der Waals surface area (Å²) in [5, 5.41) is 9.32. The minimum absolute atomic E-state index is 0. The molecule has 3 N–H and O–H groups in total. The van der Waals surface area contributed by atoms with Crippen LogP contribution in [0.4, 0.5) is 0 Å². The first kappa shape index (κ1) is 25.9. The molecular formula is C23H34IN5O. The largest absolute Gasteiger partial charge is 0.356 e. The number of carbonyl (C=O) groups is 1. The fourth-order valence-electron chi connectivity index (χ4n) is 2.97. The van der Waals surface area contributed by atoms with Crippen LogP contribution in [-0.2, 0) is 13.1 Å². The average Bonchev–Trinajstić information content (AvgIpc) is 2.76. The smallest absolute Gasteiger partial charge is 0.251 e. The first-order valence-electron chi connectivity index (χ1n) is 10.0. The summed E-state index contributed by atoms with van der Waals surface area (Å²) < 4.78 is 0. The topological polar surface area (TPSA) is 68.8 Å². The Balaban J connectivity index is 0.00000450. The van der Waals surface area contributed by atoms with Crippen molar-refractivity contribution in [1.82, 2.24) is 20.9 Å². The zero-order chi connectivity index (χ0) is 21.1. The Kier molecular flexibility index (Phi) is 12.1. The van der Waals surface area contributed by atoms with Crippen molar-refractivity contribution < 1.29 is 4.79 Å². The predicted molar refractivity (Wildman–Crippen MR) is 135 cm³/mol. The number of aliphatic imine (C=N–C) groups is 1. The lowest BCUT2D eigenvalue weighted by Crippen LogP contribution is -2.39. The van der Waals surface area contributed by atoms with E-state index in [9.17, 15) is 4.79 Å². The fraction of sp³-hybridized carbons (Fsp3) is 0.391. The van der Waals surface area contributed by atoms with Gasteiger partial charge in [0.05, 0.1) is 0 Å². The minimum atomic E-state index is -0.0756. The molecule has 2 rings (SSSR count). The third-order valence-corrected chi connectivity index (χ3v) is 5.01. The summed E-state index contributed by atoms with van der Waals surface area (Å²) in [6.45, 7) is 4.68. The molecule has 0 saturated heterocycles. The zero-order valence-corrected chi connectivity index (χ0v) is 20.6. The second-order valence-corrected chi connectivity index (χ2v) is 7.17. The zero-order valence-electron chi connectivity index (χ0n) is 18.3. The number of nitrogens with zero attached hydrogens (tertiary/aromatic N) is 2. The molecule has 6 nitrogen and oxygen atoms in total. The molecule has 0 spiro atoms. The van der Waals surface area contributed by atoms with Gasteiger partial charge in [-0.2, -0.15) is 0 Å². The lowest BCUT2D eigenvalue weighted by atomic mass is 10.1. The summed E-state index contributed by atoms with van der Waals surface area (Å²) in [7, 11) is 5.57. The summed E-state index contributed by atoms with van der Waals surface area (Å²) in [6.07, 6.45) is 1.02. The predicted octanol–water partition coefficient (Wildman–Crippen LogP) is 3.24. The molecule has 1 amide bonds. The van der Waals surface area contributed by atoms with E-state index in [0.29, 0.717) is 18.2 Å². The highest BCUT2D eigenvalue weighted by atomic mass is 127.